The van der Waals surface area contributed by atoms with E-state index in [0.717, 1.165) is 43.4 Å². The predicted octanol–water partition coefficient (Wildman–Crippen LogP) is 3.27. The molecular weight excluding hydrogens is 378 g/mol. The number of aromatic hydroxyl groups is 1. The lowest BCUT2D eigenvalue weighted by atomic mass is 9.81. The molecule has 0 bridgehead atoms. The first-order valence-electron chi connectivity index (χ1n) is 9.74. The number of hydrogen-bond donors (Lipinski definition) is 3. The second-order valence-electron chi connectivity index (χ2n) is 7.64. The van der Waals surface area contributed by atoms with E-state index >= 15 is 0 Å². The Hall–Kier alpha value is -2.35. The van der Waals surface area contributed by atoms with Crippen molar-refractivity contribution in [2.75, 3.05) is 24.7 Å². The highest BCUT2D eigenvalue weighted by Gasteiger charge is 2.30. The van der Waals surface area contributed by atoms with Gasteiger partial charge < -0.3 is 20.6 Å². The zero-order valence-electron chi connectivity index (χ0n) is 16.5. The molecule has 28 heavy (non-hydrogen) atoms. The molecule has 1 aromatic heterocycles. The summed E-state index contributed by atoms with van der Waals surface area (Å²) < 4.78 is 0. The van der Waals surface area contributed by atoms with Gasteiger partial charge in [0.15, 0.2) is 5.75 Å². The van der Waals surface area contributed by atoms with Crippen molar-refractivity contribution >= 4 is 34.3 Å². The van der Waals surface area contributed by atoms with Gasteiger partial charge in [0.1, 0.15) is 16.3 Å². The molecule has 2 atom stereocenters. The van der Waals surface area contributed by atoms with E-state index in [1.807, 2.05) is 0 Å². The summed E-state index contributed by atoms with van der Waals surface area (Å²) in [6, 6.07) is 0.180. The minimum atomic E-state index is -0.601. The fourth-order valence-corrected chi connectivity index (χ4v) is 4.79. The first-order valence-corrected chi connectivity index (χ1v) is 10.6. The average molecular weight is 406 g/mol. The number of hydrogen-bond acceptors (Lipinski definition) is 7. The minimum Gasteiger partial charge on any atom is -0.504 e. The van der Waals surface area contributed by atoms with E-state index < -0.39 is 10.9 Å². The Morgan fingerprint density at radius 2 is 1.89 bits per heavy atom. The highest BCUT2D eigenvalue weighted by Crippen LogP contribution is 2.38. The van der Waals surface area contributed by atoms with Crippen LogP contribution < -0.4 is 21.5 Å². The SMILES string of the molecule is CCC[C@H]1CCCC[C@@H]1Nc1c(Nc2csc(C(=O)N(C)C)c2O)c(=O)c1=O. The second-order valence-corrected chi connectivity index (χ2v) is 8.52. The zero-order chi connectivity index (χ0) is 20.4. The summed E-state index contributed by atoms with van der Waals surface area (Å²) in [4.78, 5) is 37.9. The van der Waals surface area contributed by atoms with Crippen molar-refractivity contribution in [3.63, 3.8) is 0 Å². The van der Waals surface area contributed by atoms with E-state index in [4.69, 9.17) is 0 Å². The quantitative estimate of drug-likeness (QED) is 0.612. The lowest BCUT2D eigenvalue weighted by Gasteiger charge is -2.33. The van der Waals surface area contributed by atoms with Crippen LogP contribution in [0.15, 0.2) is 15.0 Å². The summed E-state index contributed by atoms with van der Waals surface area (Å²) in [5.74, 6) is -0.0254. The fraction of sp³-hybridized carbons (Fsp3) is 0.550. The van der Waals surface area contributed by atoms with Crippen LogP contribution in [0.25, 0.3) is 0 Å². The molecule has 1 aliphatic carbocycles. The molecule has 1 fully saturated rings. The standard InChI is InChI=1S/C20H27N3O4S/c1-4-7-11-8-5-6-9-12(11)21-14-15(18(26)17(14)25)22-13-10-28-19(16(13)24)20(27)23(2)3/h10-12,21-22,24H,4-9H2,1-3H3/t11-,12-/m0/s1. The number of amides is 1. The molecule has 7 nitrogen and oxygen atoms in total. The van der Waals surface area contributed by atoms with Gasteiger partial charge >= 0.3 is 0 Å². The lowest BCUT2D eigenvalue weighted by molar-refractivity contribution is 0.0829. The fourth-order valence-electron chi connectivity index (χ4n) is 3.88. The molecule has 1 aliphatic rings. The number of carbonyl (C=O) groups is 1. The number of nitrogens with zero attached hydrogens (tertiary/aromatic N) is 1. The van der Waals surface area contributed by atoms with Gasteiger partial charge in [-0.1, -0.05) is 26.2 Å². The molecule has 0 radical (unpaired) electrons. The van der Waals surface area contributed by atoms with Gasteiger partial charge in [-0.2, -0.15) is 0 Å². The molecule has 152 valence electrons. The third kappa shape index (κ3) is 3.78. The van der Waals surface area contributed by atoms with Crippen molar-refractivity contribution in [1.29, 1.82) is 0 Å². The van der Waals surface area contributed by atoms with Crippen LogP contribution in [0.4, 0.5) is 17.1 Å². The van der Waals surface area contributed by atoms with Crippen molar-refractivity contribution in [3.05, 3.63) is 30.7 Å². The molecule has 1 amide bonds. The Balaban J connectivity index is 1.80. The number of anilines is 3. The zero-order valence-corrected chi connectivity index (χ0v) is 17.3. The molecule has 0 saturated heterocycles. The topological polar surface area (TPSA) is 98.7 Å². The normalized spacial score (nSPS) is 19.5. The lowest BCUT2D eigenvalue weighted by Crippen LogP contribution is -2.41. The van der Waals surface area contributed by atoms with E-state index in [1.54, 1.807) is 19.5 Å². The number of carbonyl (C=O) groups excluding carboxylic acids is 1. The minimum absolute atomic E-state index is 0.169. The first-order chi connectivity index (χ1) is 13.3. The van der Waals surface area contributed by atoms with Crippen LogP contribution in [-0.4, -0.2) is 36.1 Å². The maximum atomic E-state index is 12.2. The molecule has 1 saturated carbocycles. The average Bonchev–Trinajstić information content (AvgIpc) is 3.05. The largest absolute Gasteiger partial charge is 0.504 e. The highest BCUT2D eigenvalue weighted by molar-refractivity contribution is 7.13. The van der Waals surface area contributed by atoms with Crippen LogP contribution in [0.1, 0.15) is 55.1 Å². The Kier molecular flexibility index (Phi) is 6.07. The van der Waals surface area contributed by atoms with Crippen molar-refractivity contribution < 1.29 is 9.90 Å². The highest BCUT2D eigenvalue weighted by atomic mass is 32.1. The number of nitrogens with one attached hydrogen (secondary N) is 2. The Morgan fingerprint density at radius 1 is 1.21 bits per heavy atom. The second kappa shape index (κ2) is 8.34. The van der Waals surface area contributed by atoms with Crippen LogP contribution >= 0.6 is 11.3 Å². The van der Waals surface area contributed by atoms with Crippen LogP contribution in [-0.2, 0) is 0 Å². The van der Waals surface area contributed by atoms with Gasteiger partial charge in [-0.15, -0.1) is 11.3 Å². The molecule has 3 rings (SSSR count). The summed E-state index contributed by atoms with van der Waals surface area (Å²) in [5.41, 5.74) is -0.398. The van der Waals surface area contributed by atoms with E-state index in [9.17, 15) is 19.5 Å². The van der Waals surface area contributed by atoms with Crippen LogP contribution in [0, 0.1) is 5.92 Å². The van der Waals surface area contributed by atoms with E-state index in [2.05, 4.69) is 17.6 Å². The summed E-state index contributed by atoms with van der Waals surface area (Å²) in [5, 5.41) is 18.1. The molecule has 2 aromatic rings. The molecule has 0 aliphatic heterocycles. The van der Waals surface area contributed by atoms with Crippen molar-refractivity contribution in [2.24, 2.45) is 5.92 Å². The molecular formula is C20H27N3O4S. The van der Waals surface area contributed by atoms with E-state index in [0.29, 0.717) is 11.6 Å². The van der Waals surface area contributed by atoms with Crippen molar-refractivity contribution in [1.82, 2.24) is 4.90 Å². The van der Waals surface area contributed by atoms with Crippen molar-refractivity contribution in [2.45, 2.75) is 51.5 Å². The maximum Gasteiger partial charge on any atom is 0.267 e. The van der Waals surface area contributed by atoms with E-state index in [1.165, 1.54) is 11.3 Å². The molecule has 1 aromatic carbocycles. The third-order valence-electron chi connectivity index (χ3n) is 5.43. The summed E-state index contributed by atoms with van der Waals surface area (Å²) in [6.45, 7) is 2.15. The smallest absolute Gasteiger partial charge is 0.267 e. The first kappa shape index (κ1) is 20.4. The molecule has 0 spiro atoms. The Morgan fingerprint density at radius 3 is 2.57 bits per heavy atom. The summed E-state index contributed by atoms with van der Waals surface area (Å²) in [7, 11) is 3.20. The van der Waals surface area contributed by atoms with Crippen molar-refractivity contribution in [3.8, 4) is 5.75 Å². The predicted molar refractivity (Wildman–Crippen MR) is 113 cm³/mol. The van der Waals surface area contributed by atoms with E-state index in [-0.39, 0.29) is 34.0 Å². The Bertz CT molecular complexity index is 925. The van der Waals surface area contributed by atoms with Gasteiger partial charge in [-0.05, 0) is 25.2 Å². The number of rotatable bonds is 7. The summed E-state index contributed by atoms with van der Waals surface area (Å²) in [6.07, 6.45) is 6.60. The molecule has 3 N–H and O–H groups in total. The van der Waals surface area contributed by atoms with Gasteiger partial charge in [0, 0.05) is 25.5 Å². The van der Waals surface area contributed by atoms with Gasteiger partial charge in [-0.25, -0.2) is 0 Å². The third-order valence-corrected chi connectivity index (χ3v) is 6.39. The van der Waals surface area contributed by atoms with Crippen LogP contribution in [0.3, 0.4) is 0 Å². The van der Waals surface area contributed by atoms with Gasteiger partial charge in [0.2, 0.25) is 0 Å². The van der Waals surface area contributed by atoms with Crippen LogP contribution in [0.2, 0.25) is 0 Å². The Labute approximate surface area is 168 Å². The molecule has 0 unspecified atom stereocenters. The van der Waals surface area contributed by atoms with Gasteiger partial charge in [-0.3, -0.25) is 14.4 Å². The van der Waals surface area contributed by atoms with Gasteiger partial charge in [0.25, 0.3) is 16.8 Å². The van der Waals surface area contributed by atoms with Crippen LogP contribution in [0.5, 0.6) is 5.75 Å². The molecule has 8 heteroatoms. The molecule has 1 heterocycles. The maximum absolute atomic E-state index is 12.2. The number of thiophene rings is 1. The van der Waals surface area contributed by atoms with Gasteiger partial charge in [0.05, 0.1) is 5.69 Å². The monoisotopic (exact) mass is 405 g/mol. The summed E-state index contributed by atoms with van der Waals surface area (Å²) >= 11 is 1.09.